The van der Waals surface area contributed by atoms with E-state index in [-0.39, 0.29) is 13.2 Å². The fourth-order valence-electron chi connectivity index (χ4n) is 1.16. The summed E-state index contributed by atoms with van der Waals surface area (Å²) < 4.78 is 30.5. The molecule has 0 fully saturated rings. The van der Waals surface area contributed by atoms with Crippen molar-refractivity contribution in [3.8, 4) is 0 Å². The number of nitrogens with one attached hydrogen (secondary N) is 1. The van der Waals surface area contributed by atoms with Gasteiger partial charge in [-0.1, -0.05) is 30.3 Å². The Morgan fingerprint density at radius 3 is 2.61 bits per heavy atom. The summed E-state index contributed by atoms with van der Waals surface area (Å²) in [6.45, 7) is 0.602. The van der Waals surface area contributed by atoms with Crippen LogP contribution in [0.3, 0.4) is 0 Å². The van der Waals surface area contributed by atoms with Gasteiger partial charge in [0.05, 0.1) is 19.8 Å². The van der Waals surface area contributed by atoms with Crippen molar-refractivity contribution in [3.63, 3.8) is 0 Å². The second-order valence-electron chi connectivity index (χ2n) is 3.52. The highest BCUT2D eigenvalue weighted by Gasteiger charge is 2.40. The summed E-state index contributed by atoms with van der Waals surface area (Å²) in [4.78, 5) is 15.7. The number of hydroxylamine groups is 1. The molecule has 6 heteroatoms. The summed E-state index contributed by atoms with van der Waals surface area (Å²) >= 11 is 0. The summed E-state index contributed by atoms with van der Waals surface area (Å²) in [5.74, 6) is -5.15. The van der Waals surface area contributed by atoms with Crippen LogP contribution in [0.25, 0.3) is 0 Å². The minimum atomic E-state index is -3.59. The number of esters is 1. The molecule has 0 amide bonds. The van der Waals surface area contributed by atoms with Crippen LogP contribution in [0.2, 0.25) is 0 Å². The van der Waals surface area contributed by atoms with Gasteiger partial charge in [-0.15, -0.1) is 0 Å². The molecule has 0 spiro atoms. The molecule has 0 aliphatic rings. The quantitative estimate of drug-likeness (QED) is 0.461. The van der Waals surface area contributed by atoms with Crippen molar-refractivity contribution in [2.45, 2.75) is 19.5 Å². The molecule has 0 saturated heterocycles. The lowest BCUT2D eigenvalue weighted by Crippen LogP contribution is -2.41. The van der Waals surface area contributed by atoms with E-state index in [1.165, 1.54) is 6.92 Å². The minimum absolute atomic E-state index is 0.0840. The summed E-state index contributed by atoms with van der Waals surface area (Å²) in [6, 6.07) is 9.06. The minimum Gasteiger partial charge on any atom is -0.462 e. The maximum atomic E-state index is 13.1. The topological polar surface area (TPSA) is 47.6 Å². The van der Waals surface area contributed by atoms with Crippen LogP contribution in [0.5, 0.6) is 0 Å². The van der Waals surface area contributed by atoms with Crippen molar-refractivity contribution in [1.82, 2.24) is 5.48 Å². The first kappa shape index (κ1) is 14.5. The summed E-state index contributed by atoms with van der Waals surface area (Å²) in [7, 11) is 0. The smallest absolute Gasteiger partial charge is 0.378 e. The number of halogens is 2. The molecule has 0 unspecified atom stereocenters. The van der Waals surface area contributed by atoms with Gasteiger partial charge in [0.2, 0.25) is 0 Å². The number of carbonyl (C=O) groups excluding carboxylic acids is 1. The summed E-state index contributed by atoms with van der Waals surface area (Å²) in [5, 5.41) is 0. The molecule has 0 aliphatic carbocycles. The Morgan fingerprint density at radius 1 is 1.33 bits per heavy atom. The van der Waals surface area contributed by atoms with Crippen molar-refractivity contribution in [2.75, 3.05) is 13.2 Å². The molecule has 0 bridgehead atoms. The maximum absolute atomic E-state index is 13.1. The second-order valence-corrected chi connectivity index (χ2v) is 3.52. The van der Waals surface area contributed by atoms with Crippen LogP contribution in [-0.4, -0.2) is 25.0 Å². The van der Waals surface area contributed by atoms with Gasteiger partial charge in [-0.05, 0) is 12.5 Å². The Kier molecular flexibility index (Phi) is 5.67. The molecule has 4 nitrogen and oxygen atoms in total. The molecule has 100 valence electrons. The van der Waals surface area contributed by atoms with Crippen molar-refractivity contribution < 1.29 is 23.1 Å². The van der Waals surface area contributed by atoms with E-state index >= 15 is 0 Å². The SMILES string of the molecule is CCOC(=O)C(F)(F)CNOCc1ccccc1. The maximum Gasteiger partial charge on any atom is 0.378 e. The molecule has 1 rings (SSSR count). The van der Waals surface area contributed by atoms with E-state index in [0.717, 1.165) is 5.56 Å². The van der Waals surface area contributed by atoms with Crippen molar-refractivity contribution in [3.05, 3.63) is 35.9 Å². The summed E-state index contributed by atoms with van der Waals surface area (Å²) in [6.07, 6.45) is 0. The third kappa shape index (κ3) is 4.77. The molecule has 0 radical (unpaired) electrons. The van der Waals surface area contributed by atoms with Crippen molar-refractivity contribution >= 4 is 5.97 Å². The largest absolute Gasteiger partial charge is 0.462 e. The molecule has 1 aromatic rings. The van der Waals surface area contributed by atoms with Crippen LogP contribution in [0.1, 0.15) is 12.5 Å². The van der Waals surface area contributed by atoms with E-state index in [4.69, 9.17) is 4.84 Å². The molecule has 0 aliphatic heterocycles. The fourth-order valence-corrected chi connectivity index (χ4v) is 1.16. The second kappa shape index (κ2) is 7.03. The Labute approximate surface area is 104 Å². The van der Waals surface area contributed by atoms with Crippen LogP contribution in [0.4, 0.5) is 8.78 Å². The normalized spacial score (nSPS) is 11.3. The van der Waals surface area contributed by atoms with Crippen LogP contribution in [0, 0.1) is 0 Å². The van der Waals surface area contributed by atoms with E-state index in [1.54, 1.807) is 12.1 Å². The van der Waals surface area contributed by atoms with E-state index in [9.17, 15) is 13.6 Å². The number of alkyl halides is 2. The number of rotatable bonds is 7. The van der Waals surface area contributed by atoms with E-state index < -0.39 is 18.4 Å². The van der Waals surface area contributed by atoms with Crippen LogP contribution < -0.4 is 5.48 Å². The van der Waals surface area contributed by atoms with Gasteiger partial charge in [-0.3, -0.25) is 4.84 Å². The Balaban J connectivity index is 2.27. The van der Waals surface area contributed by atoms with E-state index in [2.05, 4.69) is 10.2 Å². The van der Waals surface area contributed by atoms with Gasteiger partial charge >= 0.3 is 11.9 Å². The third-order valence-corrected chi connectivity index (χ3v) is 2.05. The molecule has 0 saturated carbocycles. The number of hydrogen-bond donors (Lipinski definition) is 1. The molecular formula is C12H15F2NO3. The monoisotopic (exact) mass is 259 g/mol. The van der Waals surface area contributed by atoms with Crippen LogP contribution in [0.15, 0.2) is 30.3 Å². The van der Waals surface area contributed by atoms with Gasteiger partial charge in [0.15, 0.2) is 0 Å². The first-order chi connectivity index (χ1) is 8.56. The lowest BCUT2D eigenvalue weighted by atomic mass is 10.2. The van der Waals surface area contributed by atoms with Gasteiger partial charge in [0, 0.05) is 0 Å². The Bertz CT molecular complexity index is 371. The highest BCUT2D eigenvalue weighted by molar-refractivity contribution is 5.77. The molecule has 0 atom stereocenters. The molecule has 0 aromatic heterocycles. The Hall–Kier alpha value is -1.53. The molecule has 18 heavy (non-hydrogen) atoms. The number of ether oxygens (including phenoxy) is 1. The number of carbonyl (C=O) groups is 1. The molecule has 0 heterocycles. The number of benzene rings is 1. The fraction of sp³-hybridized carbons (Fsp3) is 0.417. The first-order valence-corrected chi connectivity index (χ1v) is 5.50. The third-order valence-electron chi connectivity index (χ3n) is 2.05. The van der Waals surface area contributed by atoms with Crippen LogP contribution in [-0.2, 0) is 21.0 Å². The standard InChI is InChI=1S/C12H15F2NO3/c1-2-17-11(16)12(13,14)9-15-18-8-10-6-4-3-5-7-10/h3-7,15H,2,8-9H2,1H3. The van der Waals surface area contributed by atoms with E-state index in [1.807, 2.05) is 18.2 Å². The zero-order chi connectivity index (χ0) is 13.4. The molecule has 1 aromatic carbocycles. The number of hydrogen-bond acceptors (Lipinski definition) is 4. The van der Waals surface area contributed by atoms with Gasteiger partial charge in [0.1, 0.15) is 0 Å². The van der Waals surface area contributed by atoms with E-state index in [0.29, 0.717) is 0 Å². The van der Waals surface area contributed by atoms with Crippen LogP contribution >= 0.6 is 0 Å². The zero-order valence-electron chi connectivity index (χ0n) is 9.99. The predicted octanol–water partition coefficient (Wildman–Crippen LogP) is 1.91. The lowest BCUT2D eigenvalue weighted by molar-refractivity contribution is -0.174. The molecule has 1 N–H and O–H groups in total. The lowest BCUT2D eigenvalue weighted by Gasteiger charge is -2.15. The predicted molar refractivity (Wildman–Crippen MR) is 60.8 cm³/mol. The summed E-state index contributed by atoms with van der Waals surface area (Å²) in [5.41, 5.74) is 2.90. The van der Waals surface area contributed by atoms with Gasteiger partial charge in [-0.2, -0.15) is 14.3 Å². The average Bonchev–Trinajstić information content (AvgIpc) is 2.36. The Morgan fingerprint density at radius 2 is 2.00 bits per heavy atom. The highest BCUT2D eigenvalue weighted by atomic mass is 19.3. The van der Waals surface area contributed by atoms with Gasteiger partial charge in [-0.25, -0.2) is 4.79 Å². The molecular weight excluding hydrogens is 244 g/mol. The average molecular weight is 259 g/mol. The van der Waals surface area contributed by atoms with Crippen molar-refractivity contribution in [1.29, 1.82) is 0 Å². The first-order valence-electron chi connectivity index (χ1n) is 5.50. The van der Waals surface area contributed by atoms with Gasteiger partial charge < -0.3 is 4.74 Å². The zero-order valence-corrected chi connectivity index (χ0v) is 9.99. The van der Waals surface area contributed by atoms with Crippen molar-refractivity contribution in [2.24, 2.45) is 0 Å². The highest BCUT2D eigenvalue weighted by Crippen LogP contribution is 2.14. The van der Waals surface area contributed by atoms with Gasteiger partial charge in [0.25, 0.3) is 0 Å².